The topological polar surface area (TPSA) is 84.2 Å². The second-order valence-electron chi connectivity index (χ2n) is 5.00. The third-order valence-electron chi connectivity index (χ3n) is 3.50. The maximum absolute atomic E-state index is 12.3. The highest BCUT2D eigenvalue weighted by molar-refractivity contribution is 7.21. The third kappa shape index (κ3) is 2.82. The summed E-state index contributed by atoms with van der Waals surface area (Å²) in [5, 5.41) is 7.11. The molecule has 1 atom stereocenters. The lowest BCUT2D eigenvalue weighted by Gasteiger charge is -2.23. The van der Waals surface area contributed by atoms with Gasteiger partial charge in [0, 0.05) is 34.1 Å². The van der Waals surface area contributed by atoms with Crippen molar-refractivity contribution in [3.8, 4) is 0 Å². The maximum atomic E-state index is 12.3. The number of nitrogens with two attached hydrogens (primary N) is 1. The number of carbonyl (C=O) groups excluding carboxylic acids is 2. The molecule has 0 spiro atoms. The summed E-state index contributed by atoms with van der Waals surface area (Å²) in [5.74, 6) is -0.178. The molecular weight excluding hydrogens is 310 g/mol. The van der Waals surface area contributed by atoms with Crippen molar-refractivity contribution in [3.05, 3.63) is 28.1 Å². The minimum Gasteiger partial charge on any atom is -0.397 e. The van der Waals surface area contributed by atoms with E-state index in [1.165, 1.54) is 11.3 Å². The Kier molecular flexibility index (Phi) is 3.73. The van der Waals surface area contributed by atoms with Crippen LogP contribution in [0.15, 0.2) is 18.2 Å². The number of hydrogen-bond donors (Lipinski definition) is 3. The fourth-order valence-electron chi connectivity index (χ4n) is 2.37. The first-order valence-electron chi connectivity index (χ1n) is 6.59. The molecule has 1 unspecified atom stereocenters. The number of thiophene rings is 1. The van der Waals surface area contributed by atoms with Gasteiger partial charge < -0.3 is 16.4 Å². The lowest BCUT2D eigenvalue weighted by Crippen LogP contribution is -2.47. The molecule has 0 bridgehead atoms. The van der Waals surface area contributed by atoms with Gasteiger partial charge in [-0.1, -0.05) is 11.6 Å². The SMILES string of the molecule is Nc1c(C(=O)NC2CCC(=O)NC2)sc2cc(Cl)ccc12. The molecule has 1 aliphatic heterocycles. The summed E-state index contributed by atoms with van der Waals surface area (Å²) in [6.45, 7) is 0.460. The molecule has 2 heterocycles. The summed E-state index contributed by atoms with van der Waals surface area (Å²) in [5.41, 5.74) is 6.53. The number of nitrogen functional groups attached to an aromatic ring is 1. The van der Waals surface area contributed by atoms with Crippen LogP contribution in [0.25, 0.3) is 10.1 Å². The standard InChI is InChI=1S/C14H14ClN3O2S/c15-7-1-3-9-10(5-7)21-13(12(9)16)14(20)18-8-2-4-11(19)17-6-8/h1,3,5,8H,2,4,6,16H2,(H,17,19)(H,18,20). The molecule has 5 nitrogen and oxygen atoms in total. The van der Waals surface area contributed by atoms with Gasteiger partial charge in [0.05, 0.1) is 5.69 Å². The van der Waals surface area contributed by atoms with Crippen molar-refractivity contribution in [2.75, 3.05) is 12.3 Å². The van der Waals surface area contributed by atoms with E-state index in [4.69, 9.17) is 17.3 Å². The molecule has 2 amide bonds. The summed E-state index contributed by atoms with van der Waals surface area (Å²) in [7, 11) is 0. The van der Waals surface area contributed by atoms with Crippen LogP contribution in [0.3, 0.4) is 0 Å². The van der Waals surface area contributed by atoms with Gasteiger partial charge >= 0.3 is 0 Å². The van der Waals surface area contributed by atoms with E-state index in [1.807, 2.05) is 6.07 Å². The number of hydrogen-bond acceptors (Lipinski definition) is 4. The molecule has 4 N–H and O–H groups in total. The highest BCUT2D eigenvalue weighted by Gasteiger charge is 2.23. The zero-order chi connectivity index (χ0) is 15.0. The van der Waals surface area contributed by atoms with E-state index in [0.717, 1.165) is 10.1 Å². The van der Waals surface area contributed by atoms with Crippen LogP contribution in [0.5, 0.6) is 0 Å². The molecule has 1 saturated heterocycles. The minimum absolute atomic E-state index is 0.0246. The monoisotopic (exact) mass is 323 g/mol. The summed E-state index contributed by atoms with van der Waals surface area (Å²) < 4.78 is 0.891. The fraction of sp³-hybridized carbons (Fsp3) is 0.286. The van der Waals surface area contributed by atoms with E-state index >= 15 is 0 Å². The Morgan fingerprint density at radius 2 is 2.29 bits per heavy atom. The number of piperidine rings is 1. The Morgan fingerprint density at radius 3 is 3.00 bits per heavy atom. The van der Waals surface area contributed by atoms with Crippen LogP contribution in [-0.2, 0) is 4.79 Å². The molecule has 1 fully saturated rings. The zero-order valence-electron chi connectivity index (χ0n) is 11.1. The van der Waals surface area contributed by atoms with E-state index in [0.29, 0.717) is 35.0 Å². The van der Waals surface area contributed by atoms with Gasteiger partial charge in [-0.25, -0.2) is 0 Å². The van der Waals surface area contributed by atoms with Crippen LogP contribution >= 0.6 is 22.9 Å². The first-order valence-corrected chi connectivity index (χ1v) is 7.79. The van der Waals surface area contributed by atoms with Gasteiger partial charge in [-0.05, 0) is 24.6 Å². The van der Waals surface area contributed by atoms with Crippen molar-refractivity contribution in [2.24, 2.45) is 0 Å². The molecule has 1 aliphatic rings. The lowest BCUT2D eigenvalue weighted by atomic mass is 10.1. The second-order valence-corrected chi connectivity index (χ2v) is 6.49. The van der Waals surface area contributed by atoms with Crippen LogP contribution in [0.1, 0.15) is 22.5 Å². The minimum atomic E-state index is -0.203. The Morgan fingerprint density at radius 1 is 1.48 bits per heavy atom. The Bertz CT molecular complexity index is 718. The normalized spacial score (nSPS) is 18.5. The third-order valence-corrected chi connectivity index (χ3v) is 4.90. The summed E-state index contributed by atoms with van der Waals surface area (Å²) in [6, 6.07) is 5.32. The van der Waals surface area contributed by atoms with E-state index in [-0.39, 0.29) is 17.9 Å². The maximum Gasteiger partial charge on any atom is 0.263 e. The van der Waals surface area contributed by atoms with Crippen LogP contribution in [-0.4, -0.2) is 24.4 Å². The highest BCUT2D eigenvalue weighted by atomic mass is 35.5. The Labute approximate surface area is 130 Å². The average molecular weight is 324 g/mol. The average Bonchev–Trinajstić information content (AvgIpc) is 2.78. The first-order chi connectivity index (χ1) is 10.0. The van der Waals surface area contributed by atoms with Gasteiger partial charge in [-0.2, -0.15) is 0 Å². The number of fused-ring (bicyclic) bond motifs is 1. The molecule has 1 aromatic heterocycles. The molecule has 0 radical (unpaired) electrons. The summed E-state index contributed by atoms with van der Waals surface area (Å²) >= 11 is 7.28. The van der Waals surface area contributed by atoms with Crippen molar-refractivity contribution in [1.82, 2.24) is 10.6 Å². The van der Waals surface area contributed by atoms with E-state index in [9.17, 15) is 9.59 Å². The van der Waals surface area contributed by atoms with Gasteiger partial charge in [0.2, 0.25) is 5.91 Å². The molecule has 3 rings (SSSR count). The molecule has 110 valence electrons. The van der Waals surface area contributed by atoms with Crippen molar-refractivity contribution in [1.29, 1.82) is 0 Å². The van der Waals surface area contributed by atoms with Crippen LogP contribution in [0, 0.1) is 0 Å². The lowest BCUT2D eigenvalue weighted by molar-refractivity contribution is -0.122. The predicted octanol–water partition coefficient (Wildman–Crippen LogP) is 2.15. The Hall–Kier alpha value is -1.79. The zero-order valence-corrected chi connectivity index (χ0v) is 12.7. The molecule has 0 aliphatic carbocycles. The second kappa shape index (κ2) is 5.54. The number of nitrogens with one attached hydrogen (secondary N) is 2. The predicted molar refractivity (Wildman–Crippen MR) is 84.7 cm³/mol. The molecule has 2 aromatic rings. The molecule has 7 heteroatoms. The van der Waals surface area contributed by atoms with Crippen molar-refractivity contribution in [2.45, 2.75) is 18.9 Å². The highest BCUT2D eigenvalue weighted by Crippen LogP contribution is 2.35. The van der Waals surface area contributed by atoms with Crippen LogP contribution < -0.4 is 16.4 Å². The van der Waals surface area contributed by atoms with Crippen molar-refractivity contribution < 1.29 is 9.59 Å². The fourth-order valence-corrected chi connectivity index (χ4v) is 3.67. The Balaban J connectivity index is 1.81. The number of rotatable bonds is 2. The molecule has 21 heavy (non-hydrogen) atoms. The number of halogens is 1. The summed E-state index contributed by atoms with van der Waals surface area (Å²) in [6.07, 6.45) is 1.08. The van der Waals surface area contributed by atoms with Gasteiger partial charge in [0.1, 0.15) is 4.88 Å². The van der Waals surface area contributed by atoms with Crippen LogP contribution in [0.4, 0.5) is 5.69 Å². The number of amides is 2. The van der Waals surface area contributed by atoms with Gasteiger partial charge in [0.25, 0.3) is 5.91 Å². The van der Waals surface area contributed by atoms with E-state index in [1.54, 1.807) is 12.1 Å². The van der Waals surface area contributed by atoms with E-state index < -0.39 is 0 Å². The van der Waals surface area contributed by atoms with Gasteiger partial charge in [-0.15, -0.1) is 11.3 Å². The van der Waals surface area contributed by atoms with Crippen molar-refractivity contribution in [3.63, 3.8) is 0 Å². The number of anilines is 1. The van der Waals surface area contributed by atoms with E-state index in [2.05, 4.69) is 10.6 Å². The van der Waals surface area contributed by atoms with Crippen molar-refractivity contribution >= 4 is 50.5 Å². The largest absolute Gasteiger partial charge is 0.397 e. The number of carbonyl (C=O) groups is 2. The quantitative estimate of drug-likeness (QED) is 0.791. The molecule has 1 aromatic carbocycles. The summed E-state index contributed by atoms with van der Waals surface area (Å²) in [4.78, 5) is 23.9. The smallest absolute Gasteiger partial charge is 0.263 e. The van der Waals surface area contributed by atoms with Gasteiger partial charge in [0.15, 0.2) is 0 Å². The molecular formula is C14H14ClN3O2S. The molecule has 0 saturated carbocycles. The van der Waals surface area contributed by atoms with Crippen LogP contribution in [0.2, 0.25) is 5.02 Å². The van der Waals surface area contributed by atoms with Gasteiger partial charge in [-0.3, -0.25) is 9.59 Å². The number of benzene rings is 1. The first kappa shape index (κ1) is 14.2.